The van der Waals surface area contributed by atoms with Crippen molar-refractivity contribution in [2.75, 3.05) is 12.0 Å². The van der Waals surface area contributed by atoms with Crippen LogP contribution in [0.15, 0.2) is 36.5 Å². The van der Waals surface area contributed by atoms with Crippen LogP contribution < -0.4 is 20.3 Å². The Morgan fingerprint density at radius 2 is 1.75 bits per heavy atom. The Bertz CT molecular complexity index is 1140. The molecular formula is C29H36N4O3. The van der Waals surface area contributed by atoms with Gasteiger partial charge in [0.15, 0.2) is 0 Å². The number of methoxy groups -OCH3 is 1. The summed E-state index contributed by atoms with van der Waals surface area (Å²) < 4.78 is 5.38. The fraction of sp³-hybridized carbons (Fsp3) is 0.552. The van der Waals surface area contributed by atoms with Crippen LogP contribution in [-0.4, -0.2) is 48.1 Å². The number of hydrogen-bond acceptors (Lipinski definition) is 5. The molecule has 190 valence electrons. The van der Waals surface area contributed by atoms with Crippen molar-refractivity contribution in [3.63, 3.8) is 0 Å². The summed E-state index contributed by atoms with van der Waals surface area (Å²) in [6.07, 6.45) is 10.7. The molecule has 7 nitrogen and oxygen atoms in total. The van der Waals surface area contributed by atoms with Gasteiger partial charge in [-0.3, -0.25) is 9.59 Å². The molecule has 2 saturated heterocycles. The Labute approximate surface area is 213 Å². The van der Waals surface area contributed by atoms with E-state index in [0.29, 0.717) is 35.2 Å². The van der Waals surface area contributed by atoms with Gasteiger partial charge in [-0.1, -0.05) is 12.5 Å². The summed E-state index contributed by atoms with van der Waals surface area (Å²) in [5.41, 5.74) is 2.18. The first kappa shape index (κ1) is 23.3. The minimum atomic E-state index is -0.0341. The summed E-state index contributed by atoms with van der Waals surface area (Å²) in [6.45, 7) is 1.92. The number of ether oxygens (including phenoxy) is 1. The first-order chi connectivity index (χ1) is 17.5. The van der Waals surface area contributed by atoms with Gasteiger partial charge < -0.3 is 20.3 Å². The summed E-state index contributed by atoms with van der Waals surface area (Å²) in [5.74, 6) is 3.11. The maximum atomic E-state index is 13.0. The molecule has 6 rings (SSSR count). The lowest BCUT2D eigenvalue weighted by Crippen LogP contribution is -2.50. The zero-order chi connectivity index (χ0) is 24.8. The molecule has 2 N–H and O–H groups in total. The van der Waals surface area contributed by atoms with E-state index >= 15 is 0 Å². The number of hydrogen-bond donors (Lipinski definition) is 2. The fourth-order valence-electron chi connectivity index (χ4n) is 7.36. The first-order valence-electron chi connectivity index (χ1n) is 13.5. The molecule has 2 aliphatic heterocycles. The van der Waals surface area contributed by atoms with E-state index in [-0.39, 0.29) is 17.9 Å². The van der Waals surface area contributed by atoms with Crippen LogP contribution in [0.1, 0.15) is 77.6 Å². The summed E-state index contributed by atoms with van der Waals surface area (Å²) in [4.78, 5) is 33.0. The SMILES string of the molecule is COc1cccc(C(=O)N[C@H]2C[C@H]3CC[C@@H](C2)N3c2ccc(C(=O)N[C@@H]3C[C@H]4CC[C@@H]3C4)cn2)c1C. The molecule has 1 aromatic carbocycles. The van der Waals surface area contributed by atoms with Gasteiger partial charge in [-0.2, -0.15) is 0 Å². The molecule has 0 spiro atoms. The van der Waals surface area contributed by atoms with Crippen molar-refractivity contribution in [3.8, 4) is 5.75 Å². The standard InChI is InChI=1S/C29H36N4O3/c1-17-24(4-3-5-26(17)36-2)29(35)31-21-14-22-9-10-23(15-21)33(22)27-11-8-20(16-30-27)28(34)32-25-13-18-6-7-19(25)12-18/h3-5,8,11,16,18-19,21-23,25H,6-7,9-10,12-15H2,1-2H3,(H,31,35)(H,32,34)/t18-,19+,21-,22+,23-,25+/m0/s1. The van der Waals surface area contributed by atoms with E-state index < -0.39 is 0 Å². The molecule has 6 atom stereocenters. The van der Waals surface area contributed by atoms with E-state index in [9.17, 15) is 9.59 Å². The highest BCUT2D eigenvalue weighted by molar-refractivity contribution is 5.96. The number of aromatic nitrogens is 1. The van der Waals surface area contributed by atoms with Crippen molar-refractivity contribution in [1.82, 2.24) is 15.6 Å². The van der Waals surface area contributed by atoms with Gasteiger partial charge in [0, 0.05) is 41.5 Å². The van der Waals surface area contributed by atoms with Gasteiger partial charge in [-0.25, -0.2) is 4.98 Å². The highest BCUT2D eigenvalue weighted by Crippen LogP contribution is 2.44. The summed E-state index contributed by atoms with van der Waals surface area (Å²) in [7, 11) is 1.63. The normalized spacial score (nSPS) is 30.3. The maximum Gasteiger partial charge on any atom is 0.253 e. The number of fused-ring (bicyclic) bond motifs is 4. The maximum absolute atomic E-state index is 13.0. The molecule has 2 aliphatic carbocycles. The van der Waals surface area contributed by atoms with Crippen LogP contribution in [0.4, 0.5) is 5.82 Å². The lowest BCUT2D eigenvalue weighted by atomic mass is 9.95. The van der Waals surface area contributed by atoms with Crippen LogP contribution in [0.5, 0.6) is 5.75 Å². The number of benzene rings is 1. The zero-order valence-corrected chi connectivity index (χ0v) is 21.2. The van der Waals surface area contributed by atoms with Crippen LogP contribution in [0, 0.1) is 18.8 Å². The number of anilines is 1. The van der Waals surface area contributed by atoms with Crippen molar-refractivity contribution in [2.45, 2.75) is 82.5 Å². The number of pyridine rings is 1. The molecule has 2 saturated carbocycles. The van der Waals surface area contributed by atoms with E-state index in [1.54, 1.807) is 13.3 Å². The summed E-state index contributed by atoms with van der Waals surface area (Å²) in [5, 5.41) is 6.54. The molecule has 1 aromatic heterocycles. The van der Waals surface area contributed by atoms with Crippen LogP contribution in [0.25, 0.3) is 0 Å². The molecule has 0 unspecified atom stereocenters. The third-order valence-corrected chi connectivity index (χ3v) is 9.15. The van der Waals surface area contributed by atoms with Gasteiger partial charge in [-0.15, -0.1) is 0 Å². The highest BCUT2D eigenvalue weighted by atomic mass is 16.5. The second-order valence-corrected chi connectivity index (χ2v) is 11.2. The summed E-state index contributed by atoms with van der Waals surface area (Å²) in [6, 6.07) is 10.7. The number of carbonyl (C=O) groups is 2. The van der Waals surface area contributed by atoms with Crippen molar-refractivity contribution in [2.24, 2.45) is 11.8 Å². The highest BCUT2D eigenvalue weighted by Gasteiger charge is 2.42. The van der Waals surface area contributed by atoms with Gasteiger partial charge in [0.1, 0.15) is 11.6 Å². The predicted molar refractivity (Wildman–Crippen MR) is 138 cm³/mol. The molecule has 3 heterocycles. The third kappa shape index (κ3) is 4.22. The van der Waals surface area contributed by atoms with E-state index in [4.69, 9.17) is 9.72 Å². The van der Waals surface area contributed by atoms with Crippen LogP contribution in [0.2, 0.25) is 0 Å². The van der Waals surface area contributed by atoms with Crippen LogP contribution in [-0.2, 0) is 0 Å². The number of piperidine rings is 1. The molecule has 4 fully saturated rings. The second kappa shape index (κ2) is 9.41. The number of carbonyl (C=O) groups excluding carboxylic acids is 2. The van der Waals surface area contributed by atoms with Crippen molar-refractivity contribution >= 4 is 17.6 Å². The number of nitrogens with one attached hydrogen (secondary N) is 2. The van der Waals surface area contributed by atoms with Crippen molar-refractivity contribution in [1.29, 1.82) is 0 Å². The second-order valence-electron chi connectivity index (χ2n) is 11.2. The molecule has 4 aliphatic rings. The van der Waals surface area contributed by atoms with Gasteiger partial charge >= 0.3 is 0 Å². The third-order valence-electron chi connectivity index (χ3n) is 9.15. The number of nitrogens with zero attached hydrogens (tertiary/aromatic N) is 2. The van der Waals surface area contributed by atoms with E-state index in [2.05, 4.69) is 15.5 Å². The minimum absolute atomic E-state index is 0.00354. The van der Waals surface area contributed by atoms with Gasteiger partial charge in [-0.05, 0) is 88.0 Å². The van der Waals surface area contributed by atoms with E-state index in [1.165, 1.54) is 19.3 Å². The van der Waals surface area contributed by atoms with Crippen LogP contribution >= 0.6 is 0 Å². The topological polar surface area (TPSA) is 83.6 Å². The minimum Gasteiger partial charge on any atom is -0.496 e. The van der Waals surface area contributed by atoms with E-state index in [1.807, 2.05) is 37.3 Å². The summed E-state index contributed by atoms with van der Waals surface area (Å²) >= 11 is 0. The average molecular weight is 489 g/mol. The smallest absolute Gasteiger partial charge is 0.253 e. The zero-order valence-electron chi connectivity index (χ0n) is 21.2. The molecule has 4 bridgehead atoms. The Hall–Kier alpha value is -3.09. The largest absolute Gasteiger partial charge is 0.496 e. The number of rotatable bonds is 6. The molecule has 0 radical (unpaired) electrons. The van der Waals surface area contributed by atoms with E-state index in [0.717, 1.165) is 55.2 Å². The molecule has 2 amide bonds. The average Bonchev–Trinajstić information content (AvgIpc) is 3.57. The molecular weight excluding hydrogens is 452 g/mol. The number of amides is 2. The van der Waals surface area contributed by atoms with Crippen molar-refractivity contribution < 1.29 is 14.3 Å². The molecule has 36 heavy (non-hydrogen) atoms. The van der Waals surface area contributed by atoms with Gasteiger partial charge in [0.25, 0.3) is 11.8 Å². The molecule has 2 aromatic rings. The lowest BCUT2D eigenvalue weighted by Gasteiger charge is -2.40. The van der Waals surface area contributed by atoms with Crippen molar-refractivity contribution in [3.05, 3.63) is 53.2 Å². The predicted octanol–water partition coefficient (Wildman–Crippen LogP) is 4.25. The monoisotopic (exact) mass is 488 g/mol. The van der Waals surface area contributed by atoms with Gasteiger partial charge in [0.2, 0.25) is 0 Å². The Balaban J connectivity index is 1.08. The first-order valence-corrected chi connectivity index (χ1v) is 13.5. The Kier molecular flexibility index (Phi) is 6.10. The lowest BCUT2D eigenvalue weighted by molar-refractivity contribution is 0.0916. The Morgan fingerprint density at radius 3 is 2.39 bits per heavy atom. The molecule has 7 heteroatoms. The van der Waals surface area contributed by atoms with Gasteiger partial charge in [0.05, 0.1) is 12.7 Å². The quantitative estimate of drug-likeness (QED) is 0.635. The fourth-order valence-corrected chi connectivity index (χ4v) is 7.36. The Morgan fingerprint density at radius 1 is 0.944 bits per heavy atom. The van der Waals surface area contributed by atoms with Crippen LogP contribution in [0.3, 0.4) is 0 Å².